The lowest BCUT2D eigenvalue weighted by Crippen LogP contribution is -2.16. The van der Waals surface area contributed by atoms with E-state index in [1.807, 2.05) is 11.3 Å². The summed E-state index contributed by atoms with van der Waals surface area (Å²) >= 11 is 1.87. The number of benzene rings is 8. The number of nitrogens with zero attached hydrogens (tertiary/aromatic N) is 1. The number of anilines is 3. The second-order valence-corrected chi connectivity index (χ2v) is 17.7. The van der Waals surface area contributed by atoms with Gasteiger partial charge in [-0.25, -0.2) is 0 Å². The van der Waals surface area contributed by atoms with E-state index in [0.717, 1.165) is 11.4 Å². The molecule has 0 unspecified atom stereocenters. The Bertz CT molecular complexity index is 2820. The molecule has 0 aliphatic rings. The molecule has 8 aromatic carbocycles. The van der Waals surface area contributed by atoms with Crippen molar-refractivity contribution in [1.29, 1.82) is 0 Å². The fraction of sp³-hybridized carbons (Fsp3) is 0.154. The average molecular weight is 716 g/mol. The fourth-order valence-electron chi connectivity index (χ4n) is 8.02. The molecule has 0 fully saturated rings. The van der Waals surface area contributed by atoms with Crippen LogP contribution >= 0.6 is 11.3 Å². The zero-order chi connectivity index (χ0) is 37.2. The van der Waals surface area contributed by atoms with Crippen molar-refractivity contribution in [3.63, 3.8) is 0 Å². The molecule has 264 valence electrons. The minimum absolute atomic E-state index is 0.0171. The zero-order valence-electron chi connectivity index (χ0n) is 31.9. The Hall–Kier alpha value is -5.70. The van der Waals surface area contributed by atoms with Crippen LogP contribution in [0.2, 0.25) is 0 Å². The van der Waals surface area contributed by atoms with Gasteiger partial charge < -0.3 is 4.90 Å². The summed E-state index contributed by atoms with van der Waals surface area (Å²) < 4.78 is 2.59. The van der Waals surface area contributed by atoms with Crippen LogP contribution in [0.4, 0.5) is 17.1 Å². The van der Waals surface area contributed by atoms with Gasteiger partial charge in [-0.1, -0.05) is 169 Å². The van der Waals surface area contributed by atoms with Crippen LogP contribution in [0.1, 0.15) is 52.7 Å². The van der Waals surface area contributed by atoms with Gasteiger partial charge in [-0.15, -0.1) is 11.3 Å². The molecule has 0 amide bonds. The van der Waals surface area contributed by atoms with Crippen LogP contribution in [-0.4, -0.2) is 0 Å². The fourth-order valence-corrected chi connectivity index (χ4v) is 9.14. The molecule has 1 nitrogen and oxygen atoms in total. The van der Waals surface area contributed by atoms with Gasteiger partial charge in [-0.05, 0) is 96.6 Å². The smallest absolute Gasteiger partial charge is 0.0555 e. The maximum absolute atomic E-state index is 2.50. The molecule has 0 bridgehead atoms. The monoisotopic (exact) mass is 715 g/mol. The van der Waals surface area contributed by atoms with E-state index in [2.05, 4.69) is 210 Å². The Morgan fingerprint density at radius 3 is 1.74 bits per heavy atom. The van der Waals surface area contributed by atoms with Crippen molar-refractivity contribution in [3.8, 4) is 22.3 Å². The third kappa shape index (κ3) is 5.96. The van der Waals surface area contributed by atoms with Crippen LogP contribution < -0.4 is 4.90 Å². The molecule has 0 saturated carbocycles. The Labute approximate surface area is 323 Å². The minimum Gasteiger partial charge on any atom is -0.309 e. The van der Waals surface area contributed by atoms with E-state index in [0.29, 0.717) is 0 Å². The zero-order valence-corrected chi connectivity index (χ0v) is 32.8. The summed E-state index contributed by atoms with van der Waals surface area (Å²) in [6.45, 7) is 13.9. The van der Waals surface area contributed by atoms with Gasteiger partial charge >= 0.3 is 0 Å². The van der Waals surface area contributed by atoms with Gasteiger partial charge in [-0.2, -0.15) is 0 Å². The van der Waals surface area contributed by atoms with Gasteiger partial charge in [0.25, 0.3) is 0 Å². The molecule has 1 heterocycles. The molecule has 0 N–H and O–H groups in total. The molecule has 0 atom stereocenters. The van der Waals surface area contributed by atoms with Gasteiger partial charge in [0.2, 0.25) is 0 Å². The molecule has 54 heavy (non-hydrogen) atoms. The summed E-state index contributed by atoms with van der Waals surface area (Å²) in [4.78, 5) is 2.50. The molecule has 1 aromatic heterocycles. The molecule has 0 radical (unpaired) electrons. The quantitative estimate of drug-likeness (QED) is 0.171. The molecular weight excluding hydrogens is 671 g/mol. The highest BCUT2D eigenvalue weighted by atomic mass is 32.1. The first-order valence-electron chi connectivity index (χ1n) is 19.0. The van der Waals surface area contributed by atoms with Crippen molar-refractivity contribution in [2.24, 2.45) is 0 Å². The van der Waals surface area contributed by atoms with Crippen LogP contribution in [-0.2, 0) is 10.8 Å². The summed E-state index contributed by atoms with van der Waals surface area (Å²) in [6.07, 6.45) is 0. The highest BCUT2D eigenvalue weighted by Crippen LogP contribution is 2.49. The molecule has 0 aliphatic heterocycles. The minimum atomic E-state index is 0.0171. The normalized spacial score (nSPS) is 12.3. The van der Waals surface area contributed by atoms with E-state index in [1.165, 1.54) is 80.8 Å². The second kappa shape index (κ2) is 13.0. The number of thiophene rings is 1. The first-order chi connectivity index (χ1) is 26.0. The highest BCUT2D eigenvalue weighted by Gasteiger charge is 2.25. The van der Waals surface area contributed by atoms with Crippen LogP contribution in [0.25, 0.3) is 64.0 Å². The van der Waals surface area contributed by atoms with E-state index in [1.54, 1.807) is 0 Å². The highest BCUT2D eigenvalue weighted by molar-refractivity contribution is 7.26. The van der Waals surface area contributed by atoms with Gasteiger partial charge in [0.05, 0.1) is 11.4 Å². The van der Waals surface area contributed by atoms with Crippen LogP contribution in [0, 0.1) is 0 Å². The number of rotatable bonds is 5. The van der Waals surface area contributed by atoms with Crippen molar-refractivity contribution in [3.05, 3.63) is 175 Å². The third-order valence-electron chi connectivity index (χ3n) is 10.9. The molecule has 2 heteroatoms. The van der Waals surface area contributed by atoms with Gasteiger partial charge in [0.1, 0.15) is 0 Å². The van der Waals surface area contributed by atoms with Crippen LogP contribution in [0.5, 0.6) is 0 Å². The summed E-state index contributed by atoms with van der Waals surface area (Å²) in [7, 11) is 0. The third-order valence-corrected chi connectivity index (χ3v) is 12.1. The number of hydrogen-bond donors (Lipinski definition) is 0. The number of para-hydroxylation sites is 1. The summed E-state index contributed by atoms with van der Waals surface area (Å²) in [5.74, 6) is 0. The molecule has 9 aromatic rings. The van der Waals surface area contributed by atoms with E-state index in [-0.39, 0.29) is 10.8 Å². The number of hydrogen-bond acceptors (Lipinski definition) is 2. The topological polar surface area (TPSA) is 3.24 Å². The molecule has 0 saturated heterocycles. The summed E-state index contributed by atoms with van der Waals surface area (Å²) in [6, 6.07) is 61.1. The lowest BCUT2D eigenvalue weighted by atomic mass is 9.78. The van der Waals surface area contributed by atoms with E-state index < -0.39 is 0 Å². The Morgan fingerprint density at radius 2 is 0.981 bits per heavy atom. The van der Waals surface area contributed by atoms with Gasteiger partial charge in [-0.3, -0.25) is 0 Å². The van der Waals surface area contributed by atoms with Crippen molar-refractivity contribution >= 4 is 70.1 Å². The lowest BCUT2D eigenvalue weighted by molar-refractivity contribution is 0.569. The summed E-state index contributed by atoms with van der Waals surface area (Å²) in [5, 5.41) is 7.54. The first-order valence-corrected chi connectivity index (χ1v) is 19.8. The largest absolute Gasteiger partial charge is 0.309 e. The van der Waals surface area contributed by atoms with Crippen molar-refractivity contribution in [1.82, 2.24) is 0 Å². The summed E-state index contributed by atoms with van der Waals surface area (Å²) in [5.41, 5.74) is 11.2. The molecule has 9 rings (SSSR count). The lowest BCUT2D eigenvalue weighted by Gasteiger charge is -2.29. The van der Waals surface area contributed by atoms with Crippen LogP contribution in [0.3, 0.4) is 0 Å². The predicted octanol–water partition coefficient (Wildman–Crippen LogP) is 15.8. The average Bonchev–Trinajstić information content (AvgIpc) is 3.56. The molecular formula is C52H45NS. The van der Waals surface area contributed by atoms with Gasteiger partial charge in [0.15, 0.2) is 0 Å². The Kier molecular flexibility index (Phi) is 8.21. The second-order valence-electron chi connectivity index (χ2n) is 16.6. The van der Waals surface area contributed by atoms with Crippen molar-refractivity contribution in [2.45, 2.75) is 52.4 Å². The SMILES string of the molecule is CC(C)(C)c1cc(-c2cccc3cccc(-c4ccccc4N(c4ccc5ccccc5c4)c4cccc5sc6ccccc6c45)c23)cc(C(C)(C)C)c1. The molecule has 0 aliphatic carbocycles. The maximum Gasteiger partial charge on any atom is 0.0555 e. The number of fused-ring (bicyclic) bond motifs is 5. The van der Waals surface area contributed by atoms with E-state index in [4.69, 9.17) is 0 Å². The van der Waals surface area contributed by atoms with Crippen molar-refractivity contribution in [2.75, 3.05) is 4.90 Å². The van der Waals surface area contributed by atoms with E-state index in [9.17, 15) is 0 Å². The van der Waals surface area contributed by atoms with Crippen molar-refractivity contribution < 1.29 is 0 Å². The standard InChI is InChI=1S/C52H45NS/c1-51(2,3)38-30-37(31-39(33-38)52(4,5)6)41-22-13-18-35-19-14-23-43(49(35)41)42-20-9-11-24-45(42)53(40-29-28-34-16-7-8-17-36(34)32-40)46-25-15-27-48-50(46)44-21-10-12-26-47(44)54-48/h7-33H,1-6H3. The van der Waals surface area contributed by atoms with Crippen LogP contribution in [0.15, 0.2) is 164 Å². The predicted molar refractivity (Wildman–Crippen MR) is 237 cm³/mol. The Balaban J connectivity index is 1.34. The van der Waals surface area contributed by atoms with Gasteiger partial charge in [0, 0.05) is 31.4 Å². The maximum atomic E-state index is 2.50. The van der Waals surface area contributed by atoms with E-state index >= 15 is 0 Å². The molecule has 0 spiro atoms. The first kappa shape index (κ1) is 34.1. The Morgan fingerprint density at radius 1 is 0.407 bits per heavy atom.